The van der Waals surface area contributed by atoms with Crippen molar-refractivity contribution in [2.45, 2.75) is 38.6 Å². The second kappa shape index (κ2) is 11.8. The molecule has 5 heteroatoms. The number of hydrogen-bond acceptors (Lipinski definition) is 3. The maximum absolute atomic E-state index is 12.2. The van der Waals surface area contributed by atoms with Crippen molar-refractivity contribution < 1.29 is 4.79 Å². The number of benzene rings is 2. The van der Waals surface area contributed by atoms with Gasteiger partial charge in [0.2, 0.25) is 5.91 Å². The monoisotopic (exact) mass is 432 g/mol. The van der Waals surface area contributed by atoms with Gasteiger partial charge in [0.1, 0.15) is 0 Å². The van der Waals surface area contributed by atoms with Crippen LogP contribution in [-0.4, -0.2) is 60.0 Å². The van der Waals surface area contributed by atoms with Gasteiger partial charge in [-0.05, 0) is 49.4 Å². The third-order valence-electron chi connectivity index (χ3n) is 6.46. The van der Waals surface area contributed by atoms with Crippen molar-refractivity contribution in [3.8, 4) is 0 Å². The van der Waals surface area contributed by atoms with E-state index in [4.69, 9.17) is 0 Å². The fraction of sp³-hybridized carbons (Fsp3) is 0.444. The first kappa shape index (κ1) is 22.6. The number of aromatic nitrogens is 1. The van der Waals surface area contributed by atoms with Crippen molar-refractivity contribution in [1.29, 1.82) is 0 Å². The zero-order valence-corrected chi connectivity index (χ0v) is 19.1. The summed E-state index contributed by atoms with van der Waals surface area (Å²) in [6, 6.07) is 19.1. The highest BCUT2D eigenvalue weighted by molar-refractivity contribution is 5.83. The van der Waals surface area contributed by atoms with E-state index in [0.29, 0.717) is 6.42 Å². The maximum Gasteiger partial charge on any atom is 0.220 e. The maximum atomic E-state index is 12.2. The van der Waals surface area contributed by atoms with Gasteiger partial charge in [-0.15, -0.1) is 0 Å². The molecule has 1 aliphatic heterocycles. The largest absolute Gasteiger partial charge is 0.361 e. The number of unbranched alkanes of at least 4 members (excludes halogenated alkanes) is 1. The van der Waals surface area contributed by atoms with Crippen molar-refractivity contribution in [1.82, 2.24) is 20.1 Å². The Bertz CT molecular complexity index is 960. The van der Waals surface area contributed by atoms with Crippen LogP contribution in [0.3, 0.4) is 0 Å². The van der Waals surface area contributed by atoms with E-state index >= 15 is 0 Å². The predicted octanol–water partition coefficient (Wildman–Crippen LogP) is 4.20. The molecule has 0 aliphatic carbocycles. The summed E-state index contributed by atoms with van der Waals surface area (Å²) < 4.78 is 0. The van der Waals surface area contributed by atoms with Gasteiger partial charge < -0.3 is 15.2 Å². The van der Waals surface area contributed by atoms with Crippen LogP contribution < -0.4 is 5.32 Å². The summed E-state index contributed by atoms with van der Waals surface area (Å²) in [5, 5.41) is 4.37. The van der Waals surface area contributed by atoms with Crippen molar-refractivity contribution in [2.75, 3.05) is 39.3 Å². The first-order valence-corrected chi connectivity index (χ1v) is 12.1. The van der Waals surface area contributed by atoms with Crippen LogP contribution in [0, 0.1) is 0 Å². The van der Waals surface area contributed by atoms with E-state index in [2.05, 4.69) is 74.8 Å². The van der Waals surface area contributed by atoms with Crippen LogP contribution in [0.1, 0.15) is 36.8 Å². The van der Waals surface area contributed by atoms with E-state index in [1.807, 2.05) is 6.07 Å². The number of nitrogens with one attached hydrogen (secondary N) is 2. The Morgan fingerprint density at radius 2 is 1.62 bits per heavy atom. The van der Waals surface area contributed by atoms with E-state index in [9.17, 15) is 4.79 Å². The van der Waals surface area contributed by atoms with Crippen LogP contribution in [-0.2, 0) is 17.8 Å². The van der Waals surface area contributed by atoms with Crippen molar-refractivity contribution in [3.63, 3.8) is 0 Å². The van der Waals surface area contributed by atoms with Gasteiger partial charge in [-0.1, -0.05) is 48.5 Å². The zero-order chi connectivity index (χ0) is 22.0. The number of piperazine rings is 1. The molecule has 3 aromatic rings. The molecule has 0 unspecified atom stereocenters. The summed E-state index contributed by atoms with van der Waals surface area (Å²) in [4.78, 5) is 20.6. The Kier molecular flexibility index (Phi) is 8.35. The molecule has 2 heterocycles. The molecule has 1 fully saturated rings. The molecule has 2 N–H and O–H groups in total. The van der Waals surface area contributed by atoms with Crippen LogP contribution >= 0.6 is 0 Å². The number of rotatable bonds is 11. The highest BCUT2D eigenvalue weighted by Gasteiger charge is 2.16. The standard InChI is InChI=1S/C27H36N4O/c32-27(14-8-11-24-21-29-26-13-5-4-12-25(24)26)28-15-6-7-16-30-17-19-31(20-18-30)22-23-9-2-1-3-10-23/h1-5,9-10,12-13,21,29H,6-8,11,14-20,22H2,(H,28,32). The second-order valence-electron chi connectivity index (χ2n) is 8.87. The Labute approximate surface area is 191 Å². The molecule has 1 aliphatic rings. The average Bonchev–Trinajstić information content (AvgIpc) is 3.24. The van der Waals surface area contributed by atoms with E-state index in [-0.39, 0.29) is 5.91 Å². The lowest BCUT2D eigenvalue weighted by Gasteiger charge is -2.34. The summed E-state index contributed by atoms with van der Waals surface area (Å²) in [5.41, 5.74) is 3.87. The van der Waals surface area contributed by atoms with Gasteiger partial charge in [-0.3, -0.25) is 9.69 Å². The van der Waals surface area contributed by atoms with Crippen molar-refractivity contribution in [2.24, 2.45) is 0 Å². The number of carbonyl (C=O) groups is 1. The smallest absolute Gasteiger partial charge is 0.220 e. The molecular weight excluding hydrogens is 396 g/mol. The Hall–Kier alpha value is -2.63. The summed E-state index contributed by atoms with van der Waals surface area (Å²) in [7, 11) is 0. The molecule has 1 aromatic heterocycles. The number of H-pyrrole nitrogens is 1. The third-order valence-corrected chi connectivity index (χ3v) is 6.46. The van der Waals surface area contributed by atoms with Gasteiger partial charge in [0.05, 0.1) is 0 Å². The number of aryl methyl sites for hydroxylation is 1. The highest BCUT2D eigenvalue weighted by atomic mass is 16.1. The number of para-hydroxylation sites is 1. The average molecular weight is 433 g/mol. The molecular formula is C27H36N4O. The molecule has 0 spiro atoms. The molecule has 0 radical (unpaired) electrons. The van der Waals surface area contributed by atoms with E-state index in [1.54, 1.807) is 0 Å². The van der Waals surface area contributed by atoms with Crippen LogP contribution in [0.25, 0.3) is 10.9 Å². The van der Waals surface area contributed by atoms with Gasteiger partial charge in [0, 0.05) is 62.8 Å². The first-order chi connectivity index (χ1) is 15.8. The van der Waals surface area contributed by atoms with Crippen LogP contribution in [0.4, 0.5) is 0 Å². The van der Waals surface area contributed by atoms with Gasteiger partial charge in [0.25, 0.3) is 0 Å². The fourth-order valence-corrected chi connectivity index (χ4v) is 4.57. The number of amides is 1. The summed E-state index contributed by atoms with van der Waals surface area (Å²) >= 11 is 0. The Morgan fingerprint density at radius 1 is 0.875 bits per heavy atom. The lowest BCUT2D eigenvalue weighted by molar-refractivity contribution is -0.121. The van der Waals surface area contributed by atoms with Crippen LogP contribution in [0.2, 0.25) is 0 Å². The van der Waals surface area contributed by atoms with E-state index in [0.717, 1.165) is 71.5 Å². The minimum atomic E-state index is 0.180. The molecule has 0 atom stereocenters. The highest BCUT2D eigenvalue weighted by Crippen LogP contribution is 2.19. The summed E-state index contributed by atoms with van der Waals surface area (Å²) in [5.74, 6) is 0.180. The molecule has 1 saturated heterocycles. The lowest BCUT2D eigenvalue weighted by atomic mass is 10.1. The number of hydrogen-bond donors (Lipinski definition) is 2. The SMILES string of the molecule is O=C(CCCc1c[nH]c2ccccc12)NCCCCN1CCN(Cc2ccccc2)CC1. The molecule has 170 valence electrons. The third kappa shape index (κ3) is 6.68. The zero-order valence-electron chi connectivity index (χ0n) is 19.1. The van der Waals surface area contributed by atoms with E-state index < -0.39 is 0 Å². The lowest BCUT2D eigenvalue weighted by Crippen LogP contribution is -2.46. The summed E-state index contributed by atoms with van der Waals surface area (Å²) in [6.07, 6.45) is 6.70. The minimum Gasteiger partial charge on any atom is -0.361 e. The minimum absolute atomic E-state index is 0.180. The van der Waals surface area contributed by atoms with Crippen molar-refractivity contribution >= 4 is 16.8 Å². The molecule has 2 aromatic carbocycles. The van der Waals surface area contributed by atoms with Gasteiger partial charge >= 0.3 is 0 Å². The molecule has 5 nitrogen and oxygen atoms in total. The number of carbonyl (C=O) groups excluding carboxylic acids is 1. The van der Waals surface area contributed by atoms with Crippen LogP contribution in [0.5, 0.6) is 0 Å². The van der Waals surface area contributed by atoms with E-state index in [1.165, 1.54) is 22.0 Å². The molecule has 0 saturated carbocycles. The van der Waals surface area contributed by atoms with Crippen molar-refractivity contribution in [3.05, 3.63) is 71.9 Å². The normalized spacial score (nSPS) is 15.2. The quantitative estimate of drug-likeness (QED) is 0.447. The number of fused-ring (bicyclic) bond motifs is 1. The predicted molar refractivity (Wildman–Crippen MR) is 132 cm³/mol. The van der Waals surface area contributed by atoms with Gasteiger partial charge in [-0.2, -0.15) is 0 Å². The Balaban J connectivity index is 1.03. The Morgan fingerprint density at radius 3 is 2.47 bits per heavy atom. The van der Waals surface area contributed by atoms with Gasteiger partial charge in [-0.25, -0.2) is 0 Å². The molecule has 32 heavy (non-hydrogen) atoms. The number of aromatic amines is 1. The van der Waals surface area contributed by atoms with Gasteiger partial charge in [0.15, 0.2) is 0 Å². The topological polar surface area (TPSA) is 51.4 Å². The number of nitrogens with zero attached hydrogens (tertiary/aromatic N) is 2. The first-order valence-electron chi connectivity index (χ1n) is 12.1. The van der Waals surface area contributed by atoms with Crippen LogP contribution in [0.15, 0.2) is 60.8 Å². The molecule has 1 amide bonds. The second-order valence-corrected chi connectivity index (χ2v) is 8.87. The molecule has 0 bridgehead atoms. The fourth-order valence-electron chi connectivity index (χ4n) is 4.57. The molecule has 4 rings (SSSR count). The summed E-state index contributed by atoms with van der Waals surface area (Å²) in [6.45, 7) is 7.56.